The molecule has 0 radical (unpaired) electrons. The summed E-state index contributed by atoms with van der Waals surface area (Å²) >= 11 is 0. The van der Waals surface area contributed by atoms with Crippen molar-refractivity contribution < 1.29 is 55.2 Å². The number of carbonyl (C=O) groups is 2. The van der Waals surface area contributed by atoms with E-state index in [4.69, 9.17) is 4.74 Å². The minimum atomic E-state index is -2.81. The summed E-state index contributed by atoms with van der Waals surface area (Å²) in [5.41, 5.74) is 1.36. The van der Waals surface area contributed by atoms with Gasteiger partial charge in [-0.25, -0.2) is 13.0 Å². The molecule has 0 saturated heterocycles. The molecule has 0 heterocycles. The lowest BCUT2D eigenvalue weighted by atomic mass is 10.3. The van der Waals surface area contributed by atoms with Crippen LogP contribution in [0.3, 0.4) is 0 Å². The van der Waals surface area contributed by atoms with Crippen LogP contribution in [0.5, 0.6) is 0 Å². The summed E-state index contributed by atoms with van der Waals surface area (Å²) in [6.45, 7) is 6.37. The Morgan fingerprint density at radius 3 is 1.36 bits per heavy atom. The molecule has 0 N–H and O–H groups in total. The van der Waals surface area contributed by atoms with Gasteiger partial charge >= 0.3 is 5.97 Å². The monoisotopic (exact) mass is 610 g/mol. The Morgan fingerprint density at radius 2 is 1.13 bits per heavy atom. The van der Waals surface area contributed by atoms with Crippen molar-refractivity contribution in [1.29, 1.82) is 0 Å². The number of hydrogen-bond donors (Lipinski definition) is 0. The highest BCUT2D eigenvalue weighted by atomic mass is 32.2. The van der Waals surface area contributed by atoms with E-state index in [1.165, 1.54) is 26.2 Å². The van der Waals surface area contributed by atoms with E-state index in [2.05, 4.69) is 35.2 Å². The molecule has 238 valence electrons. The Bertz CT molecular complexity index is 691. The first-order valence-corrected chi connectivity index (χ1v) is 15.9. The third kappa shape index (κ3) is 66.9. The van der Waals surface area contributed by atoms with Gasteiger partial charge in [-0.2, -0.15) is 0 Å². The van der Waals surface area contributed by atoms with E-state index in [9.17, 15) is 22.2 Å². The maximum absolute atomic E-state index is 10.3. The van der Waals surface area contributed by atoms with Crippen LogP contribution in [0.1, 0.15) is 33.1 Å². The highest BCUT2D eigenvalue weighted by Crippen LogP contribution is 1.84. The van der Waals surface area contributed by atoms with Gasteiger partial charge in [-0.05, 0) is 6.92 Å². The van der Waals surface area contributed by atoms with Crippen LogP contribution in [0.2, 0.25) is 0 Å². The molecule has 0 aliphatic rings. The van der Waals surface area contributed by atoms with Crippen molar-refractivity contribution in [3.63, 3.8) is 0 Å². The summed E-state index contributed by atoms with van der Waals surface area (Å²) in [7, 11) is 9.89. The van der Waals surface area contributed by atoms with E-state index < -0.39 is 20.6 Å². The largest absolute Gasteiger partial charge is 0.469 e. The number of ether oxygens (including phenoxy) is 6. The quantitative estimate of drug-likeness (QED) is 0.150. The van der Waals surface area contributed by atoms with Gasteiger partial charge in [-0.1, -0.05) is 0 Å². The van der Waals surface area contributed by atoms with E-state index in [0.717, 1.165) is 13.0 Å². The lowest BCUT2D eigenvalue weighted by Crippen LogP contribution is -2.11. The maximum atomic E-state index is 10.3. The van der Waals surface area contributed by atoms with Crippen molar-refractivity contribution in [1.82, 2.24) is 0 Å². The highest BCUT2D eigenvalue weighted by Gasteiger charge is 1.98. The zero-order valence-electron chi connectivity index (χ0n) is 26.3. The Labute approximate surface area is 240 Å². The third-order valence-electron chi connectivity index (χ3n) is 4.06. The summed E-state index contributed by atoms with van der Waals surface area (Å²) in [6, 6.07) is 0. The van der Waals surface area contributed by atoms with Crippen molar-refractivity contribution in [3.05, 3.63) is 0 Å². The summed E-state index contributed by atoms with van der Waals surface area (Å²) in [5.74, 6) is 0.716. The van der Waals surface area contributed by atoms with Crippen LogP contribution in [0.25, 0.3) is 0 Å². The van der Waals surface area contributed by atoms with E-state index in [0.29, 0.717) is 45.0 Å². The Kier molecular flexibility index (Phi) is 44.7. The number of Topliss-reactive ketones (excluding diaryl/α,β-unsaturated/α-hetero) is 1. The van der Waals surface area contributed by atoms with E-state index >= 15 is 0 Å². The molecule has 0 aromatic carbocycles. The molecule has 0 aliphatic carbocycles. The van der Waals surface area contributed by atoms with Crippen molar-refractivity contribution in [3.8, 4) is 0 Å². The molecule has 0 rings (SSSR count). The smallest absolute Gasteiger partial charge is 0.307 e. The second-order valence-electron chi connectivity index (χ2n) is 8.03. The lowest BCUT2D eigenvalue weighted by Gasteiger charge is -1.95. The van der Waals surface area contributed by atoms with Crippen LogP contribution in [0.15, 0.2) is 0 Å². The zero-order chi connectivity index (χ0) is 31.7. The predicted octanol–water partition coefficient (Wildman–Crippen LogP) is 1.25. The van der Waals surface area contributed by atoms with Gasteiger partial charge in [0.05, 0.1) is 58.7 Å². The SMILES string of the molecule is COCCC(=O)OC.COCCC(C)=O.COCCC(C)=[N+](C)C.COCCS(C)(=O)=O.COCCS(C)=O. The minimum Gasteiger partial charge on any atom is -0.469 e. The number of rotatable bonds is 15. The van der Waals surface area contributed by atoms with Crippen LogP contribution in [-0.2, 0) is 58.6 Å². The maximum Gasteiger partial charge on any atom is 0.307 e. The van der Waals surface area contributed by atoms with Gasteiger partial charge in [0.1, 0.15) is 29.7 Å². The molecule has 0 fully saturated rings. The number of carbonyl (C=O) groups excluding carboxylic acids is 2. The first-order valence-electron chi connectivity index (χ1n) is 12.1. The number of sulfone groups is 1. The summed E-state index contributed by atoms with van der Waals surface area (Å²) in [4.78, 5) is 20.4. The van der Waals surface area contributed by atoms with Gasteiger partial charge < -0.3 is 28.4 Å². The van der Waals surface area contributed by atoms with Gasteiger partial charge in [-0.3, -0.25) is 13.8 Å². The second kappa shape index (κ2) is 36.7. The average molecular weight is 611 g/mol. The Hall–Kier alpha value is -1.29. The van der Waals surface area contributed by atoms with Gasteiger partial charge in [0.2, 0.25) is 0 Å². The van der Waals surface area contributed by atoms with Crippen LogP contribution in [-0.4, -0.2) is 148 Å². The van der Waals surface area contributed by atoms with Crippen LogP contribution in [0.4, 0.5) is 0 Å². The number of esters is 1. The Morgan fingerprint density at radius 1 is 0.718 bits per heavy atom. The Balaban J connectivity index is -0.000000124. The number of methoxy groups -OCH3 is 6. The molecule has 12 nitrogen and oxygen atoms in total. The highest BCUT2D eigenvalue weighted by molar-refractivity contribution is 7.90. The van der Waals surface area contributed by atoms with Gasteiger partial charge in [0.15, 0.2) is 5.71 Å². The van der Waals surface area contributed by atoms with Crippen molar-refractivity contribution in [2.75, 3.05) is 114 Å². The molecule has 1 unspecified atom stereocenters. The fraction of sp³-hybridized carbons (Fsp3) is 0.880. The zero-order valence-corrected chi connectivity index (χ0v) is 28.0. The normalized spacial score (nSPS) is 10.5. The molecule has 1 atom stereocenters. The first kappa shape index (κ1) is 47.5. The standard InChI is InChI=1S/C7H16NO.C5H10O3.C5H10O2.C4H10O3S.C4H10O2S/c1-7(8(2)3)5-6-9-4;1-7-4-3-5(6)8-2;1-5(6)3-4-7-2;1-7-3-4-8(2,5)6;1-6-3-4-7(2)5/h5-6H2,1-4H3;3-4H2,1-2H3;3-4H2,1-2H3;3-4H2,1-2H3;3-4H2,1-2H3/q+1;;;;. The fourth-order valence-electron chi connectivity index (χ4n) is 1.44. The number of ketones is 1. The van der Waals surface area contributed by atoms with Crippen LogP contribution < -0.4 is 0 Å². The van der Waals surface area contributed by atoms with Crippen molar-refractivity contribution >= 4 is 38.1 Å². The molecule has 0 spiro atoms. The first-order chi connectivity index (χ1) is 18.1. The molecule has 0 aromatic heterocycles. The van der Waals surface area contributed by atoms with Crippen molar-refractivity contribution in [2.24, 2.45) is 0 Å². The van der Waals surface area contributed by atoms with Gasteiger partial charge in [0.25, 0.3) is 0 Å². The van der Waals surface area contributed by atoms with Crippen molar-refractivity contribution in [2.45, 2.75) is 33.1 Å². The summed E-state index contributed by atoms with van der Waals surface area (Å²) < 4.78 is 60.7. The molecule has 14 heteroatoms. The average Bonchev–Trinajstić information content (AvgIpc) is 2.87. The van der Waals surface area contributed by atoms with Gasteiger partial charge in [0, 0.05) is 78.0 Å². The summed E-state index contributed by atoms with van der Waals surface area (Å²) in [5, 5.41) is 0. The van der Waals surface area contributed by atoms with E-state index in [-0.39, 0.29) is 17.5 Å². The molecular formula is C25H56NO11S2+. The molecule has 0 amide bonds. The molecule has 0 aliphatic heterocycles. The lowest BCUT2D eigenvalue weighted by molar-refractivity contribution is -0.466. The predicted molar refractivity (Wildman–Crippen MR) is 157 cm³/mol. The topological polar surface area (TPSA) is 144 Å². The summed E-state index contributed by atoms with van der Waals surface area (Å²) in [6.07, 6.45) is 4.76. The molecule has 0 aromatic rings. The van der Waals surface area contributed by atoms with E-state index in [1.807, 2.05) is 14.1 Å². The third-order valence-corrected chi connectivity index (χ3v) is 5.71. The van der Waals surface area contributed by atoms with Crippen LogP contribution >= 0.6 is 0 Å². The van der Waals surface area contributed by atoms with Crippen LogP contribution in [0, 0.1) is 0 Å². The minimum absolute atomic E-state index is 0.115. The number of nitrogens with zero attached hydrogens (tertiary/aromatic N) is 1. The molecule has 39 heavy (non-hydrogen) atoms. The molecule has 0 saturated carbocycles. The number of hydrogen-bond acceptors (Lipinski definition) is 11. The van der Waals surface area contributed by atoms with E-state index in [1.54, 1.807) is 41.6 Å². The fourth-order valence-corrected chi connectivity index (χ4v) is 2.31. The van der Waals surface area contributed by atoms with Gasteiger partial charge in [-0.15, -0.1) is 0 Å². The molecular weight excluding hydrogens is 554 g/mol. The second-order valence-corrected chi connectivity index (χ2v) is 11.8. The molecule has 0 bridgehead atoms.